The largest absolute Gasteiger partial charge is 0.497 e. The maximum absolute atomic E-state index is 13.6. The number of hydrogen-bond donors (Lipinski definition) is 2. The van der Waals surface area contributed by atoms with Crippen LogP contribution in [0, 0.1) is 5.92 Å². The minimum absolute atomic E-state index is 0.0201. The van der Waals surface area contributed by atoms with Crippen molar-refractivity contribution in [3.8, 4) is 11.5 Å². The van der Waals surface area contributed by atoms with Crippen molar-refractivity contribution in [2.24, 2.45) is 5.92 Å². The van der Waals surface area contributed by atoms with Gasteiger partial charge >= 0.3 is 11.9 Å². The molecule has 0 aromatic heterocycles. The summed E-state index contributed by atoms with van der Waals surface area (Å²) in [6.07, 6.45) is 4.57. The van der Waals surface area contributed by atoms with E-state index in [1.807, 2.05) is 26.0 Å². The molecule has 9 heteroatoms. The highest BCUT2D eigenvalue weighted by Crippen LogP contribution is 2.55. The number of carboxylic acid groups (broad SMARTS) is 1. The molecule has 1 aromatic rings. The molecule has 0 amide bonds. The van der Waals surface area contributed by atoms with E-state index < -0.39 is 35.6 Å². The predicted molar refractivity (Wildman–Crippen MR) is 133 cm³/mol. The van der Waals surface area contributed by atoms with Gasteiger partial charge in [-0.15, -0.1) is 0 Å². The summed E-state index contributed by atoms with van der Waals surface area (Å²) >= 11 is 0. The Kier molecular flexibility index (Phi) is 6.87. The summed E-state index contributed by atoms with van der Waals surface area (Å²) in [5, 5.41) is 20.8. The van der Waals surface area contributed by atoms with Crippen molar-refractivity contribution in [1.82, 2.24) is 4.90 Å². The average Bonchev–Trinajstić information content (AvgIpc) is 3.52. The van der Waals surface area contributed by atoms with Gasteiger partial charge in [0, 0.05) is 6.54 Å². The van der Waals surface area contributed by atoms with Gasteiger partial charge in [0.05, 0.1) is 25.0 Å². The zero-order valence-corrected chi connectivity index (χ0v) is 21.8. The lowest BCUT2D eigenvalue weighted by Crippen LogP contribution is -2.49. The van der Waals surface area contributed by atoms with Crippen molar-refractivity contribution in [1.29, 1.82) is 0 Å². The first-order chi connectivity index (χ1) is 17.7. The highest BCUT2D eigenvalue weighted by molar-refractivity contribution is 5.85. The number of carboxylic acids is 1. The molecule has 1 spiro atoms. The summed E-state index contributed by atoms with van der Waals surface area (Å²) in [7, 11) is 1.56. The lowest BCUT2D eigenvalue weighted by atomic mass is 9.77. The Hall–Kier alpha value is -2.78. The van der Waals surface area contributed by atoms with Crippen molar-refractivity contribution in [3.05, 3.63) is 35.1 Å². The molecular weight excluding hydrogens is 478 g/mol. The third-order valence-corrected chi connectivity index (χ3v) is 8.39. The van der Waals surface area contributed by atoms with Crippen molar-refractivity contribution < 1.29 is 38.7 Å². The van der Waals surface area contributed by atoms with Crippen LogP contribution in [-0.4, -0.2) is 71.3 Å². The first-order valence-corrected chi connectivity index (χ1v) is 13.3. The number of benzene rings is 1. The van der Waals surface area contributed by atoms with Gasteiger partial charge in [0.2, 0.25) is 6.79 Å². The maximum atomic E-state index is 13.6. The summed E-state index contributed by atoms with van der Waals surface area (Å²) in [6.45, 7) is 6.02. The fourth-order valence-corrected chi connectivity index (χ4v) is 6.63. The van der Waals surface area contributed by atoms with E-state index >= 15 is 0 Å². The maximum Gasteiger partial charge on any atom is 0.339 e. The Bertz CT molecular complexity index is 1100. The summed E-state index contributed by atoms with van der Waals surface area (Å²) in [6, 6.07) is 4.01. The molecule has 0 radical (unpaired) electrons. The Labute approximate surface area is 217 Å². The van der Waals surface area contributed by atoms with Crippen LogP contribution in [0.25, 0.3) is 0 Å². The third kappa shape index (κ3) is 4.56. The molecule has 0 bridgehead atoms. The van der Waals surface area contributed by atoms with Gasteiger partial charge in [-0.25, -0.2) is 4.79 Å². The highest BCUT2D eigenvalue weighted by atomic mass is 16.7. The SMILES string of the molecule is COC1=C[C@]23CCCN2CCc2cc4c(cc2[C@@H]3[C@H]1OC(=O)[C@@](O)(CCCC(C)C)CC(=O)O)OCO4. The molecule has 4 atom stereocenters. The third-order valence-electron chi connectivity index (χ3n) is 8.39. The van der Waals surface area contributed by atoms with Gasteiger partial charge in [0.15, 0.2) is 23.2 Å². The van der Waals surface area contributed by atoms with Crippen molar-refractivity contribution in [3.63, 3.8) is 0 Å². The Morgan fingerprint density at radius 2 is 2.00 bits per heavy atom. The van der Waals surface area contributed by atoms with Crippen LogP contribution in [0.3, 0.4) is 0 Å². The van der Waals surface area contributed by atoms with Crippen LogP contribution in [0.5, 0.6) is 11.5 Å². The lowest BCUT2D eigenvalue weighted by molar-refractivity contribution is -0.178. The normalized spacial score (nSPS) is 27.5. The molecule has 9 nitrogen and oxygen atoms in total. The number of ether oxygens (including phenoxy) is 4. The van der Waals surface area contributed by atoms with Crippen molar-refractivity contribution in [2.45, 2.75) is 82.0 Å². The molecule has 2 N–H and O–H groups in total. The minimum atomic E-state index is -2.12. The monoisotopic (exact) mass is 515 g/mol. The van der Waals surface area contributed by atoms with Gasteiger partial charge < -0.3 is 29.2 Å². The van der Waals surface area contributed by atoms with Gasteiger partial charge in [-0.3, -0.25) is 9.69 Å². The Morgan fingerprint density at radius 1 is 1.24 bits per heavy atom. The standard InChI is InChI=1S/C28H37NO8/c1-17(2)6-4-9-28(33,15-23(30)31)26(32)37-25-22(34-3)14-27-8-5-10-29(27)11-7-18-12-20-21(36-16-35-20)13-19(18)24(25)27/h12-14,17,24-25,33H,4-11,15-16H2,1-3H3,(H,30,31)/t24-,25+,27+,28-/m1/s1. The van der Waals surface area contributed by atoms with Crippen LogP contribution in [0.15, 0.2) is 24.0 Å². The number of carbonyl (C=O) groups is 2. The van der Waals surface area contributed by atoms with Gasteiger partial charge in [-0.2, -0.15) is 0 Å². The molecule has 37 heavy (non-hydrogen) atoms. The van der Waals surface area contributed by atoms with Gasteiger partial charge in [-0.1, -0.05) is 20.3 Å². The van der Waals surface area contributed by atoms with E-state index in [0.717, 1.165) is 49.9 Å². The molecule has 1 saturated heterocycles. The number of methoxy groups -OCH3 is 1. The molecule has 3 aliphatic heterocycles. The fourth-order valence-electron chi connectivity index (χ4n) is 6.63. The van der Waals surface area contributed by atoms with Crippen LogP contribution in [0.1, 0.15) is 69.4 Å². The van der Waals surface area contributed by atoms with Crippen LogP contribution >= 0.6 is 0 Å². The molecule has 202 valence electrons. The van der Waals surface area contributed by atoms with E-state index in [0.29, 0.717) is 29.6 Å². The number of aliphatic hydroxyl groups is 1. The second kappa shape index (κ2) is 9.83. The summed E-state index contributed by atoms with van der Waals surface area (Å²) in [4.78, 5) is 27.6. The van der Waals surface area contributed by atoms with Crippen LogP contribution in [-0.2, 0) is 25.5 Å². The second-order valence-electron chi connectivity index (χ2n) is 11.2. The number of carbonyl (C=O) groups excluding carboxylic acids is 1. The van der Waals surface area contributed by atoms with Crippen molar-refractivity contribution in [2.75, 3.05) is 27.0 Å². The Morgan fingerprint density at radius 3 is 2.70 bits per heavy atom. The Balaban J connectivity index is 1.52. The van der Waals surface area contributed by atoms with E-state index in [1.165, 1.54) is 0 Å². The quantitative estimate of drug-likeness (QED) is 0.478. The number of aliphatic carboxylic acids is 1. The molecular formula is C28H37NO8. The van der Waals surface area contributed by atoms with Crippen LogP contribution < -0.4 is 9.47 Å². The van der Waals surface area contributed by atoms with Gasteiger partial charge in [0.1, 0.15) is 5.76 Å². The zero-order valence-electron chi connectivity index (χ0n) is 21.8. The van der Waals surface area contributed by atoms with Crippen LogP contribution in [0.2, 0.25) is 0 Å². The van der Waals surface area contributed by atoms with Crippen molar-refractivity contribution >= 4 is 11.9 Å². The van der Waals surface area contributed by atoms with E-state index in [-0.39, 0.29) is 19.1 Å². The topological polar surface area (TPSA) is 115 Å². The van der Waals surface area contributed by atoms with E-state index in [4.69, 9.17) is 18.9 Å². The summed E-state index contributed by atoms with van der Waals surface area (Å²) in [5.74, 6) is -0.189. The zero-order chi connectivity index (χ0) is 26.4. The second-order valence-corrected chi connectivity index (χ2v) is 11.2. The van der Waals surface area contributed by atoms with Gasteiger partial charge in [0.25, 0.3) is 0 Å². The number of nitrogens with zero attached hydrogens (tertiary/aromatic N) is 1. The number of fused-ring (bicyclic) bond motifs is 3. The highest BCUT2D eigenvalue weighted by Gasteiger charge is 2.59. The molecule has 1 fully saturated rings. The summed E-state index contributed by atoms with van der Waals surface area (Å²) in [5.41, 5.74) is -0.408. The molecule has 4 aliphatic rings. The molecule has 3 heterocycles. The van der Waals surface area contributed by atoms with E-state index in [1.54, 1.807) is 7.11 Å². The van der Waals surface area contributed by atoms with E-state index in [2.05, 4.69) is 11.0 Å². The lowest BCUT2D eigenvalue weighted by Gasteiger charge is -2.39. The molecule has 5 rings (SSSR count). The number of esters is 1. The van der Waals surface area contributed by atoms with Crippen LogP contribution in [0.4, 0.5) is 0 Å². The first-order valence-electron chi connectivity index (χ1n) is 13.3. The van der Waals surface area contributed by atoms with Gasteiger partial charge in [-0.05, 0) is 73.9 Å². The first kappa shape index (κ1) is 25.9. The summed E-state index contributed by atoms with van der Waals surface area (Å²) < 4.78 is 23.2. The minimum Gasteiger partial charge on any atom is -0.497 e. The molecule has 1 aromatic carbocycles. The smallest absolute Gasteiger partial charge is 0.339 e. The molecule has 0 saturated carbocycles. The number of rotatable bonds is 9. The predicted octanol–water partition coefficient (Wildman–Crippen LogP) is 3.38. The number of hydrogen-bond acceptors (Lipinski definition) is 8. The molecule has 1 aliphatic carbocycles. The average molecular weight is 516 g/mol. The fraction of sp³-hybridized carbons (Fsp3) is 0.643. The van der Waals surface area contributed by atoms with E-state index in [9.17, 15) is 19.8 Å². The molecule has 0 unspecified atom stereocenters.